The van der Waals surface area contributed by atoms with Gasteiger partial charge < -0.3 is 0 Å². The van der Waals surface area contributed by atoms with Crippen LogP contribution >= 0.6 is 23.1 Å². The summed E-state index contributed by atoms with van der Waals surface area (Å²) in [6.07, 6.45) is 3.76. The first kappa shape index (κ1) is 12.7. The molecule has 0 radical (unpaired) electrons. The summed E-state index contributed by atoms with van der Waals surface area (Å²) in [4.78, 5) is 4.39. The fraction of sp³-hybridized carbons (Fsp3) is 0.0769. The van der Waals surface area contributed by atoms with Crippen LogP contribution in [0.4, 0.5) is 5.69 Å². The van der Waals surface area contributed by atoms with E-state index in [9.17, 15) is 0 Å². The Morgan fingerprint density at radius 3 is 2.94 bits per heavy atom. The van der Waals surface area contributed by atoms with Crippen LogP contribution < -0.4 is 5.32 Å². The average molecular weight is 273 g/mol. The Labute approximate surface area is 114 Å². The van der Waals surface area contributed by atoms with Gasteiger partial charge in [-0.25, -0.2) is 4.99 Å². The molecule has 0 atom stereocenters. The number of hydrogen-bond acceptors (Lipinski definition) is 4. The van der Waals surface area contributed by atoms with Gasteiger partial charge in [0.2, 0.25) is 0 Å². The minimum Gasteiger partial charge on any atom is -0.271 e. The molecule has 2 aromatic rings. The molecule has 18 heavy (non-hydrogen) atoms. The van der Waals surface area contributed by atoms with Gasteiger partial charge >= 0.3 is 0 Å². The molecule has 0 aliphatic rings. The monoisotopic (exact) mass is 273 g/mol. The lowest BCUT2D eigenvalue weighted by Gasteiger charge is -2.02. The largest absolute Gasteiger partial charge is 0.271 e. The molecule has 1 N–H and O–H groups in total. The molecule has 0 amide bonds. The molecule has 3 nitrogen and oxygen atoms in total. The van der Waals surface area contributed by atoms with Crippen LogP contribution in [0, 0.1) is 11.5 Å². The lowest BCUT2D eigenvalue weighted by molar-refractivity contribution is 1.28. The van der Waals surface area contributed by atoms with Crippen molar-refractivity contribution in [1.29, 1.82) is 5.26 Å². The van der Waals surface area contributed by atoms with Gasteiger partial charge in [0.1, 0.15) is 0 Å². The van der Waals surface area contributed by atoms with Crippen molar-refractivity contribution in [3.8, 4) is 17.3 Å². The summed E-state index contributed by atoms with van der Waals surface area (Å²) < 4.78 is 0. The number of nitriles is 1. The lowest BCUT2D eigenvalue weighted by Crippen LogP contribution is -2.12. The van der Waals surface area contributed by atoms with Crippen LogP contribution in [0.3, 0.4) is 0 Å². The highest BCUT2D eigenvalue weighted by molar-refractivity contribution is 8.13. The van der Waals surface area contributed by atoms with Gasteiger partial charge in [0.05, 0.1) is 5.69 Å². The van der Waals surface area contributed by atoms with Crippen molar-refractivity contribution in [2.24, 2.45) is 4.99 Å². The van der Waals surface area contributed by atoms with Gasteiger partial charge in [-0.05, 0) is 46.3 Å². The fourth-order valence-electron chi connectivity index (χ4n) is 1.47. The van der Waals surface area contributed by atoms with Crippen molar-refractivity contribution in [3.05, 3.63) is 41.1 Å². The summed E-state index contributed by atoms with van der Waals surface area (Å²) in [5.41, 5.74) is 3.16. The quantitative estimate of drug-likeness (QED) is 0.391. The van der Waals surface area contributed by atoms with Gasteiger partial charge in [-0.15, -0.1) is 0 Å². The molecule has 2 rings (SSSR count). The fourth-order valence-corrected chi connectivity index (χ4v) is 2.48. The molecule has 0 unspecified atom stereocenters. The highest BCUT2D eigenvalue weighted by Crippen LogP contribution is 2.26. The maximum absolute atomic E-state index is 8.60. The van der Waals surface area contributed by atoms with Crippen molar-refractivity contribution < 1.29 is 0 Å². The van der Waals surface area contributed by atoms with Crippen molar-refractivity contribution in [1.82, 2.24) is 5.32 Å². The van der Waals surface area contributed by atoms with Gasteiger partial charge in [0.25, 0.3) is 0 Å². The summed E-state index contributed by atoms with van der Waals surface area (Å²) in [6.45, 7) is 0. The van der Waals surface area contributed by atoms with Crippen LogP contribution in [0.1, 0.15) is 0 Å². The summed E-state index contributed by atoms with van der Waals surface area (Å²) in [5, 5.41) is 15.9. The Bertz CT molecular complexity index is 583. The molecular weight excluding hydrogens is 262 g/mol. The second kappa shape index (κ2) is 6.24. The maximum Gasteiger partial charge on any atom is 0.183 e. The molecule has 0 spiro atoms. The van der Waals surface area contributed by atoms with E-state index in [4.69, 9.17) is 5.26 Å². The average Bonchev–Trinajstić information content (AvgIpc) is 2.92. The Hall–Kier alpha value is -1.77. The lowest BCUT2D eigenvalue weighted by atomic mass is 10.1. The second-order valence-corrected chi connectivity index (χ2v) is 5.00. The van der Waals surface area contributed by atoms with E-state index < -0.39 is 0 Å². The maximum atomic E-state index is 8.60. The predicted molar refractivity (Wildman–Crippen MR) is 79.1 cm³/mol. The predicted octanol–water partition coefficient (Wildman–Crippen LogP) is 3.84. The van der Waals surface area contributed by atoms with Crippen LogP contribution in [-0.4, -0.2) is 11.4 Å². The van der Waals surface area contributed by atoms with Crippen LogP contribution in [0.5, 0.6) is 0 Å². The Morgan fingerprint density at radius 1 is 1.39 bits per heavy atom. The molecule has 0 saturated carbocycles. The van der Waals surface area contributed by atoms with E-state index in [0.29, 0.717) is 5.17 Å². The number of thioether (sulfide) groups is 1. The van der Waals surface area contributed by atoms with Crippen molar-refractivity contribution in [2.75, 3.05) is 6.26 Å². The molecule has 1 aromatic heterocycles. The first-order chi connectivity index (χ1) is 8.83. The molecule has 90 valence electrons. The van der Waals surface area contributed by atoms with Crippen LogP contribution in [0.15, 0.2) is 46.1 Å². The third-order valence-corrected chi connectivity index (χ3v) is 3.55. The van der Waals surface area contributed by atoms with Crippen molar-refractivity contribution in [2.45, 2.75) is 0 Å². The molecule has 0 fully saturated rings. The van der Waals surface area contributed by atoms with Gasteiger partial charge in [-0.2, -0.15) is 16.6 Å². The number of thiophene rings is 1. The zero-order valence-corrected chi connectivity index (χ0v) is 11.4. The summed E-state index contributed by atoms with van der Waals surface area (Å²) in [7, 11) is 0. The van der Waals surface area contributed by atoms with Crippen LogP contribution in [-0.2, 0) is 0 Å². The normalized spacial score (nSPS) is 11.0. The molecule has 0 aliphatic carbocycles. The summed E-state index contributed by atoms with van der Waals surface area (Å²) in [5.74, 6) is 0. The molecule has 1 heterocycles. The molecular formula is C13H11N3S2. The van der Waals surface area contributed by atoms with Gasteiger partial charge in [0.15, 0.2) is 11.4 Å². The number of nitrogens with zero attached hydrogens (tertiary/aromatic N) is 2. The van der Waals surface area contributed by atoms with Gasteiger partial charge in [0, 0.05) is 0 Å². The van der Waals surface area contributed by atoms with Crippen molar-refractivity contribution >= 4 is 34.0 Å². The summed E-state index contributed by atoms with van der Waals surface area (Å²) in [6, 6.07) is 10.0. The Balaban J connectivity index is 2.31. The number of hydrogen-bond donors (Lipinski definition) is 1. The number of benzene rings is 1. The smallest absolute Gasteiger partial charge is 0.183 e. The second-order valence-electron chi connectivity index (χ2n) is 3.42. The first-order valence-electron chi connectivity index (χ1n) is 5.24. The van der Waals surface area contributed by atoms with Crippen LogP contribution in [0.2, 0.25) is 0 Å². The minimum absolute atomic E-state index is 0.597. The third kappa shape index (κ3) is 3.13. The standard InChI is InChI=1S/C13H11N3S2/c1-17-13(15-9-14)16-12-4-2-3-10(7-12)11-5-6-18-8-11/h2-8H,1H3,(H,15,16). The zero-order chi connectivity index (χ0) is 12.8. The molecule has 0 saturated heterocycles. The Kier molecular flexibility index (Phi) is 4.40. The molecule has 1 aromatic carbocycles. The number of amidine groups is 1. The summed E-state index contributed by atoms with van der Waals surface area (Å²) >= 11 is 3.08. The van der Waals surface area contributed by atoms with Gasteiger partial charge in [-0.1, -0.05) is 23.9 Å². The number of aliphatic imine (C=N–C) groups is 1. The number of nitrogens with one attached hydrogen (secondary N) is 1. The topological polar surface area (TPSA) is 48.2 Å². The number of rotatable bonds is 2. The van der Waals surface area contributed by atoms with Gasteiger partial charge in [-0.3, -0.25) is 5.32 Å². The third-order valence-electron chi connectivity index (χ3n) is 2.29. The first-order valence-corrected chi connectivity index (χ1v) is 7.40. The van der Waals surface area contributed by atoms with E-state index in [1.54, 1.807) is 11.3 Å². The SMILES string of the molecule is CSC(=Nc1cccc(-c2ccsc2)c1)NC#N. The van der Waals surface area contributed by atoms with E-state index in [-0.39, 0.29) is 0 Å². The molecule has 0 aliphatic heterocycles. The minimum atomic E-state index is 0.597. The van der Waals surface area contributed by atoms with E-state index in [2.05, 4.69) is 33.2 Å². The highest BCUT2D eigenvalue weighted by atomic mass is 32.2. The Morgan fingerprint density at radius 2 is 2.28 bits per heavy atom. The molecule has 0 bridgehead atoms. The van der Waals surface area contributed by atoms with Crippen LogP contribution in [0.25, 0.3) is 11.1 Å². The van der Waals surface area contributed by atoms with E-state index in [1.165, 1.54) is 17.3 Å². The van der Waals surface area contributed by atoms with E-state index >= 15 is 0 Å². The van der Waals surface area contributed by atoms with Crippen molar-refractivity contribution in [3.63, 3.8) is 0 Å². The van der Waals surface area contributed by atoms with E-state index in [0.717, 1.165) is 11.3 Å². The van der Waals surface area contributed by atoms with E-state index in [1.807, 2.05) is 30.6 Å². The zero-order valence-electron chi connectivity index (χ0n) is 9.75. The molecule has 5 heteroatoms. The highest BCUT2D eigenvalue weighted by Gasteiger charge is 2.00.